The lowest BCUT2D eigenvalue weighted by atomic mass is 10.1. The molecule has 1 heterocycles. The molecule has 1 aromatic heterocycles. The van der Waals surface area contributed by atoms with Gasteiger partial charge in [-0.15, -0.1) is 24.0 Å². The molecule has 0 aliphatic carbocycles. The highest BCUT2D eigenvalue weighted by molar-refractivity contribution is 14.0. The van der Waals surface area contributed by atoms with Gasteiger partial charge in [0.25, 0.3) is 0 Å². The number of benzene rings is 1. The van der Waals surface area contributed by atoms with Gasteiger partial charge < -0.3 is 25.0 Å². The van der Waals surface area contributed by atoms with Gasteiger partial charge in [-0.05, 0) is 52.6 Å². The van der Waals surface area contributed by atoms with E-state index < -0.39 is 0 Å². The molecule has 0 bridgehead atoms. The number of aryl methyl sites for hydroxylation is 1. The maximum Gasteiger partial charge on any atom is 0.191 e. The molecule has 0 fully saturated rings. The Bertz CT molecular complexity index is 824. The molecule has 0 saturated heterocycles. The zero-order chi connectivity index (χ0) is 22.1. The molecule has 0 radical (unpaired) electrons. The molecule has 2 rings (SSSR count). The second-order valence-electron chi connectivity index (χ2n) is 7.32. The first-order chi connectivity index (χ1) is 14.4. The third-order valence-electron chi connectivity index (χ3n) is 4.84. The molecule has 0 amide bonds. The summed E-state index contributed by atoms with van der Waals surface area (Å²) in [6, 6.07) is 6.27. The van der Waals surface area contributed by atoms with Gasteiger partial charge in [0.05, 0.1) is 31.5 Å². The molecular weight excluding hydrogens is 507 g/mol. The van der Waals surface area contributed by atoms with Crippen LogP contribution in [-0.4, -0.2) is 61.5 Å². The van der Waals surface area contributed by atoms with E-state index in [-0.39, 0.29) is 36.1 Å². The van der Waals surface area contributed by atoms with Crippen molar-refractivity contribution in [1.82, 2.24) is 25.3 Å². The van der Waals surface area contributed by atoms with E-state index in [4.69, 9.17) is 9.47 Å². The number of hydrogen-bond acceptors (Lipinski definition) is 5. The van der Waals surface area contributed by atoms with E-state index in [0.29, 0.717) is 19.8 Å². The normalized spacial score (nSPS) is 13.4. The Morgan fingerprint density at radius 1 is 1.16 bits per heavy atom. The van der Waals surface area contributed by atoms with E-state index in [0.717, 1.165) is 28.6 Å². The third-order valence-corrected chi connectivity index (χ3v) is 4.84. The lowest BCUT2D eigenvalue weighted by Gasteiger charge is -2.26. The van der Waals surface area contributed by atoms with Crippen LogP contribution in [-0.2, 0) is 7.05 Å². The van der Waals surface area contributed by atoms with Gasteiger partial charge in [0.15, 0.2) is 17.5 Å². The minimum absolute atomic E-state index is 0. The first kappa shape index (κ1) is 27.0. The van der Waals surface area contributed by atoms with Gasteiger partial charge >= 0.3 is 0 Å². The van der Waals surface area contributed by atoms with Crippen LogP contribution >= 0.6 is 24.0 Å². The maximum atomic E-state index is 5.76. The lowest BCUT2D eigenvalue weighted by molar-refractivity contribution is 0.287. The van der Waals surface area contributed by atoms with Gasteiger partial charge in [-0.25, -0.2) is 0 Å². The van der Waals surface area contributed by atoms with Crippen molar-refractivity contribution in [2.45, 2.75) is 32.9 Å². The fourth-order valence-corrected chi connectivity index (χ4v) is 3.22. The number of nitrogens with one attached hydrogen (secondary N) is 2. The van der Waals surface area contributed by atoms with Crippen molar-refractivity contribution in [3.8, 4) is 11.5 Å². The summed E-state index contributed by atoms with van der Waals surface area (Å²) in [7, 11) is 7.83. The number of nitrogens with zero attached hydrogens (tertiary/aromatic N) is 4. The SMILES string of the molecule is CCOc1ccc(C(C)NC(=NC)NCC(c2cnn(C)c2)N(C)C)cc1OCC.I. The summed E-state index contributed by atoms with van der Waals surface area (Å²) in [5, 5.41) is 11.2. The predicted octanol–water partition coefficient (Wildman–Crippen LogP) is 3.36. The van der Waals surface area contributed by atoms with Crippen LogP contribution in [0, 0.1) is 0 Å². The van der Waals surface area contributed by atoms with E-state index in [1.807, 2.05) is 50.1 Å². The van der Waals surface area contributed by atoms with Gasteiger partial charge in [0.1, 0.15) is 0 Å². The van der Waals surface area contributed by atoms with Crippen LogP contribution in [0.4, 0.5) is 0 Å². The summed E-state index contributed by atoms with van der Waals surface area (Å²) in [6.45, 7) is 7.94. The Morgan fingerprint density at radius 3 is 2.39 bits per heavy atom. The average molecular weight is 544 g/mol. The quantitative estimate of drug-likeness (QED) is 0.272. The topological polar surface area (TPSA) is 75.9 Å². The standard InChI is InChI=1S/C22H36N6O2.HI/c1-8-29-20-11-10-17(12-21(20)30-9-2)16(3)26-22(23-4)24-14-19(27(5)6)18-13-25-28(7)15-18;/h10-13,15-16,19H,8-9,14H2,1-7H3,(H2,23,24,26);1H. The number of hydrogen-bond donors (Lipinski definition) is 2. The van der Waals surface area contributed by atoms with Crippen molar-refractivity contribution >= 4 is 29.9 Å². The van der Waals surface area contributed by atoms with Crippen molar-refractivity contribution < 1.29 is 9.47 Å². The van der Waals surface area contributed by atoms with Crippen molar-refractivity contribution in [3.63, 3.8) is 0 Å². The van der Waals surface area contributed by atoms with Gasteiger partial charge in [0, 0.05) is 32.4 Å². The fraction of sp³-hybridized carbons (Fsp3) is 0.545. The van der Waals surface area contributed by atoms with Gasteiger partial charge in [-0.3, -0.25) is 9.67 Å². The van der Waals surface area contributed by atoms with Crippen LogP contribution < -0.4 is 20.1 Å². The summed E-state index contributed by atoms with van der Waals surface area (Å²) in [4.78, 5) is 6.56. The predicted molar refractivity (Wildman–Crippen MR) is 137 cm³/mol. The Kier molecular flexibility index (Phi) is 11.7. The van der Waals surface area contributed by atoms with Crippen molar-refractivity contribution in [3.05, 3.63) is 41.7 Å². The molecule has 0 aliphatic heterocycles. The second-order valence-corrected chi connectivity index (χ2v) is 7.32. The minimum Gasteiger partial charge on any atom is -0.490 e. The molecule has 0 aliphatic rings. The number of rotatable bonds is 10. The van der Waals surface area contributed by atoms with Gasteiger partial charge in [-0.1, -0.05) is 6.07 Å². The first-order valence-electron chi connectivity index (χ1n) is 10.4. The number of halogens is 1. The summed E-state index contributed by atoms with van der Waals surface area (Å²) in [5.41, 5.74) is 2.26. The molecule has 2 aromatic rings. The molecule has 2 unspecified atom stereocenters. The molecule has 2 atom stereocenters. The molecule has 9 heteroatoms. The van der Waals surface area contributed by atoms with E-state index in [2.05, 4.69) is 52.7 Å². The van der Waals surface area contributed by atoms with Crippen LogP contribution in [0.1, 0.15) is 44.0 Å². The third kappa shape index (κ3) is 7.88. The van der Waals surface area contributed by atoms with Crippen molar-refractivity contribution in [2.24, 2.45) is 12.0 Å². The van der Waals surface area contributed by atoms with Crippen molar-refractivity contribution in [2.75, 3.05) is 40.9 Å². The Balaban J connectivity index is 0.00000480. The van der Waals surface area contributed by atoms with Crippen LogP contribution in [0.2, 0.25) is 0 Å². The molecular formula is C22H37IN6O2. The lowest BCUT2D eigenvalue weighted by Crippen LogP contribution is -2.42. The van der Waals surface area contributed by atoms with Gasteiger partial charge in [0.2, 0.25) is 0 Å². The van der Waals surface area contributed by atoms with Crippen LogP contribution in [0.15, 0.2) is 35.6 Å². The highest BCUT2D eigenvalue weighted by Crippen LogP contribution is 2.30. The van der Waals surface area contributed by atoms with Gasteiger partial charge in [-0.2, -0.15) is 5.10 Å². The molecule has 0 spiro atoms. The fourth-order valence-electron chi connectivity index (χ4n) is 3.22. The number of aromatic nitrogens is 2. The highest BCUT2D eigenvalue weighted by atomic mass is 127. The number of likely N-dealkylation sites (N-methyl/N-ethyl adjacent to an activating group) is 1. The van der Waals surface area contributed by atoms with Crippen LogP contribution in [0.25, 0.3) is 0 Å². The number of aliphatic imine (C=N–C) groups is 1. The number of ether oxygens (including phenoxy) is 2. The summed E-state index contributed by atoms with van der Waals surface area (Å²) >= 11 is 0. The summed E-state index contributed by atoms with van der Waals surface area (Å²) in [6.07, 6.45) is 3.95. The van der Waals surface area contributed by atoms with Crippen molar-refractivity contribution in [1.29, 1.82) is 0 Å². The Hall–Kier alpha value is -2.01. The van der Waals surface area contributed by atoms with Crippen LogP contribution in [0.3, 0.4) is 0 Å². The molecule has 174 valence electrons. The first-order valence-corrected chi connectivity index (χ1v) is 10.4. The molecule has 1 aromatic carbocycles. The largest absolute Gasteiger partial charge is 0.490 e. The maximum absolute atomic E-state index is 5.76. The van der Waals surface area contributed by atoms with E-state index in [9.17, 15) is 0 Å². The monoisotopic (exact) mass is 544 g/mol. The zero-order valence-electron chi connectivity index (χ0n) is 19.7. The molecule has 31 heavy (non-hydrogen) atoms. The molecule has 8 nitrogen and oxygen atoms in total. The number of guanidine groups is 1. The summed E-state index contributed by atoms with van der Waals surface area (Å²) in [5.74, 6) is 2.27. The molecule has 0 saturated carbocycles. The summed E-state index contributed by atoms with van der Waals surface area (Å²) < 4.78 is 13.2. The average Bonchev–Trinajstić information content (AvgIpc) is 3.14. The molecule has 2 N–H and O–H groups in total. The smallest absolute Gasteiger partial charge is 0.191 e. The Morgan fingerprint density at radius 2 is 1.84 bits per heavy atom. The van der Waals surface area contributed by atoms with E-state index in [1.54, 1.807) is 7.05 Å². The minimum atomic E-state index is 0. The Labute approximate surface area is 203 Å². The van der Waals surface area contributed by atoms with Crippen LogP contribution in [0.5, 0.6) is 11.5 Å². The second kappa shape index (κ2) is 13.4. The van der Waals surface area contributed by atoms with E-state index in [1.165, 1.54) is 0 Å². The highest BCUT2D eigenvalue weighted by Gasteiger charge is 2.17. The van der Waals surface area contributed by atoms with E-state index >= 15 is 0 Å². The zero-order valence-corrected chi connectivity index (χ0v) is 22.0.